The second-order valence-electron chi connectivity index (χ2n) is 4.26. The summed E-state index contributed by atoms with van der Waals surface area (Å²) in [6.45, 7) is 2.80. The van der Waals surface area contributed by atoms with Crippen LogP contribution >= 0.6 is 11.6 Å². The molecule has 1 aromatic carbocycles. The molecule has 20 heavy (non-hydrogen) atoms. The van der Waals surface area contributed by atoms with Crippen LogP contribution in [0.5, 0.6) is 0 Å². The summed E-state index contributed by atoms with van der Waals surface area (Å²) < 4.78 is 0. The average molecular weight is 292 g/mol. The lowest BCUT2D eigenvalue weighted by atomic mass is 10.1. The summed E-state index contributed by atoms with van der Waals surface area (Å²) in [6.07, 6.45) is 0.950. The van der Waals surface area contributed by atoms with Crippen LogP contribution in [0.4, 0.5) is 11.5 Å². The van der Waals surface area contributed by atoms with Gasteiger partial charge in [-0.3, -0.25) is 10.1 Å². The number of pyridine rings is 1. The Labute approximate surface area is 121 Å². The van der Waals surface area contributed by atoms with Gasteiger partial charge in [0.05, 0.1) is 4.92 Å². The minimum Gasteiger partial charge on any atom is -0.370 e. The van der Waals surface area contributed by atoms with Gasteiger partial charge in [0.15, 0.2) is 5.69 Å². The number of halogens is 1. The first-order valence-corrected chi connectivity index (χ1v) is 6.65. The molecule has 0 atom stereocenters. The summed E-state index contributed by atoms with van der Waals surface area (Å²) in [7, 11) is 0. The van der Waals surface area contributed by atoms with E-state index in [4.69, 9.17) is 11.6 Å². The van der Waals surface area contributed by atoms with Crippen molar-refractivity contribution in [2.24, 2.45) is 0 Å². The fraction of sp³-hybridized carbons (Fsp3) is 0.214. The number of hydrogen-bond acceptors (Lipinski definition) is 4. The zero-order chi connectivity index (χ0) is 14.5. The van der Waals surface area contributed by atoms with Crippen molar-refractivity contribution in [3.8, 4) is 11.3 Å². The van der Waals surface area contributed by atoms with Crippen LogP contribution in [-0.2, 0) is 0 Å². The monoisotopic (exact) mass is 291 g/mol. The predicted molar refractivity (Wildman–Crippen MR) is 80.1 cm³/mol. The molecule has 0 aliphatic carbocycles. The zero-order valence-electron chi connectivity index (χ0n) is 11.0. The number of nitro groups is 1. The molecule has 6 heteroatoms. The molecule has 0 spiro atoms. The standard InChI is InChI=1S/C14H14ClN3O2/c1-2-8-16-13-7-6-12(18(19)20)14(17-13)10-4-3-5-11(15)9-10/h3-7,9H,2,8H2,1H3,(H,16,17). The van der Waals surface area contributed by atoms with E-state index in [0.717, 1.165) is 13.0 Å². The highest BCUT2D eigenvalue weighted by Gasteiger charge is 2.17. The van der Waals surface area contributed by atoms with E-state index in [-0.39, 0.29) is 5.69 Å². The van der Waals surface area contributed by atoms with Gasteiger partial charge in [0.25, 0.3) is 5.69 Å². The fourth-order valence-corrected chi connectivity index (χ4v) is 1.99. The molecule has 0 amide bonds. The van der Waals surface area contributed by atoms with Gasteiger partial charge in [-0.1, -0.05) is 30.7 Å². The molecule has 5 nitrogen and oxygen atoms in total. The van der Waals surface area contributed by atoms with Gasteiger partial charge in [0.1, 0.15) is 5.82 Å². The molecule has 1 aromatic heterocycles. The van der Waals surface area contributed by atoms with Crippen molar-refractivity contribution in [1.82, 2.24) is 4.98 Å². The lowest BCUT2D eigenvalue weighted by Crippen LogP contribution is -2.04. The van der Waals surface area contributed by atoms with Crippen molar-refractivity contribution in [1.29, 1.82) is 0 Å². The molecule has 1 heterocycles. The van der Waals surface area contributed by atoms with Crippen molar-refractivity contribution in [2.45, 2.75) is 13.3 Å². The highest BCUT2D eigenvalue weighted by Crippen LogP contribution is 2.30. The summed E-state index contributed by atoms with van der Waals surface area (Å²) in [5, 5.41) is 14.8. The molecule has 0 bridgehead atoms. The van der Waals surface area contributed by atoms with E-state index in [1.165, 1.54) is 6.07 Å². The van der Waals surface area contributed by atoms with Gasteiger partial charge in [-0.05, 0) is 24.6 Å². The number of anilines is 1. The Morgan fingerprint density at radius 3 is 2.80 bits per heavy atom. The molecule has 0 aliphatic rings. The van der Waals surface area contributed by atoms with Crippen molar-refractivity contribution in [3.05, 3.63) is 51.5 Å². The lowest BCUT2D eigenvalue weighted by molar-refractivity contribution is -0.384. The zero-order valence-corrected chi connectivity index (χ0v) is 11.7. The van der Waals surface area contributed by atoms with Crippen LogP contribution in [0.2, 0.25) is 5.02 Å². The van der Waals surface area contributed by atoms with Crippen LogP contribution < -0.4 is 5.32 Å². The molecule has 2 rings (SSSR count). The maximum atomic E-state index is 11.1. The topological polar surface area (TPSA) is 68.1 Å². The largest absolute Gasteiger partial charge is 0.370 e. The second kappa shape index (κ2) is 6.34. The third-order valence-electron chi connectivity index (χ3n) is 2.72. The summed E-state index contributed by atoms with van der Waals surface area (Å²) >= 11 is 5.94. The lowest BCUT2D eigenvalue weighted by Gasteiger charge is -2.07. The van der Waals surface area contributed by atoms with Crippen molar-refractivity contribution >= 4 is 23.1 Å². The number of rotatable bonds is 5. The summed E-state index contributed by atoms with van der Waals surface area (Å²) in [6, 6.07) is 9.96. The van der Waals surface area contributed by atoms with Crippen LogP contribution in [0.15, 0.2) is 36.4 Å². The first-order chi connectivity index (χ1) is 9.61. The Bertz CT molecular complexity index is 632. The van der Waals surface area contributed by atoms with Crippen LogP contribution in [-0.4, -0.2) is 16.5 Å². The molecule has 0 unspecified atom stereocenters. The summed E-state index contributed by atoms with van der Waals surface area (Å²) in [5.74, 6) is 0.618. The SMILES string of the molecule is CCCNc1ccc([N+](=O)[O-])c(-c2cccc(Cl)c2)n1. The number of aromatic nitrogens is 1. The highest BCUT2D eigenvalue weighted by molar-refractivity contribution is 6.30. The molecule has 0 fully saturated rings. The molecule has 0 saturated carbocycles. The Morgan fingerprint density at radius 2 is 2.15 bits per heavy atom. The Kier molecular flexibility index (Phi) is 4.53. The Hall–Kier alpha value is -2.14. The molecule has 1 N–H and O–H groups in total. The number of nitrogens with zero attached hydrogens (tertiary/aromatic N) is 2. The van der Waals surface area contributed by atoms with Gasteiger partial charge in [0, 0.05) is 23.2 Å². The van der Waals surface area contributed by atoms with E-state index in [1.807, 2.05) is 6.92 Å². The van der Waals surface area contributed by atoms with Gasteiger partial charge >= 0.3 is 0 Å². The summed E-state index contributed by atoms with van der Waals surface area (Å²) in [4.78, 5) is 15.0. The van der Waals surface area contributed by atoms with Crippen molar-refractivity contribution < 1.29 is 4.92 Å². The minimum absolute atomic E-state index is 0.0330. The average Bonchev–Trinajstić information content (AvgIpc) is 2.44. The highest BCUT2D eigenvalue weighted by atomic mass is 35.5. The number of benzene rings is 1. The van der Waals surface area contributed by atoms with Crippen molar-refractivity contribution in [2.75, 3.05) is 11.9 Å². The van der Waals surface area contributed by atoms with Crippen molar-refractivity contribution in [3.63, 3.8) is 0 Å². The summed E-state index contributed by atoms with van der Waals surface area (Å²) in [5.41, 5.74) is 0.914. The molecule has 0 aliphatic heterocycles. The van der Waals surface area contributed by atoms with E-state index in [0.29, 0.717) is 22.1 Å². The number of hydrogen-bond donors (Lipinski definition) is 1. The third kappa shape index (κ3) is 3.24. The van der Waals surface area contributed by atoms with E-state index in [2.05, 4.69) is 10.3 Å². The predicted octanol–water partition coefficient (Wildman–Crippen LogP) is 4.13. The quantitative estimate of drug-likeness (QED) is 0.664. The van der Waals surface area contributed by atoms with Gasteiger partial charge in [-0.25, -0.2) is 4.98 Å². The molecule has 2 aromatic rings. The normalized spacial score (nSPS) is 10.3. The number of nitrogens with one attached hydrogen (secondary N) is 1. The second-order valence-corrected chi connectivity index (χ2v) is 4.69. The maximum Gasteiger partial charge on any atom is 0.295 e. The van der Waals surface area contributed by atoms with Crippen LogP contribution in [0.3, 0.4) is 0 Å². The first-order valence-electron chi connectivity index (χ1n) is 6.27. The molecule has 0 radical (unpaired) electrons. The molecule has 104 valence electrons. The van der Waals surface area contributed by atoms with Gasteiger partial charge < -0.3 is 5.32 Å². The van der Waals surface area contributed by atoms with E-state index in [1.54, 1.807) is 30.3 Å². The molecule has 0 saturated heterocycles. The smallest absolute Gasteiger partial charge is 0.295 e. The molecular weight excluding hydrogens is 278 g/mol. The van der Waals surface area contributed by atoms with Crippen LogP contribution in [0.25, 0.3) is 11.3 Å². The minimum atomic E-state index is -0.438. The Balaban J connectivity index is 2.49. The van der Waals surface area contributed by atoms with Gasteiger partial charge in [-0.2, -0.15) is 0 Å². The first kappa shape index (κ1) is 14.3. The maximum absolute atomic E-state index is 11.1. The van der Waals surface area contributed by atoms with Gasteiger partial charge in [-0.15, -0.1) is 0 Å². The molecular formula is C14H14ClN3O2. The third-order valence-corrected chi connectivity index (χ3v) is 2.96. The van der Waals surface area contributed by atoms with E-state index >= 15 is 0 Å². The Morgan fingerprint density at radius 1 is 1.35 bits per heavy atom. The van der Waals surface area contributed by atoms with E-state index in [9.17, 15) is 10.1 Å². The fourth-order valence-electron chi connectivity index (χ4n) is 1.80. The van der Waals surface area contributed by atoms with Gasteiger partial charge in [0.2, 0.25) is 0 Å². The van der Waals surface area contributed by atoms with Crippen LogP contribution in [0, 0.1) is 10.1 Å². The van der Waals surface area contributed by atoms with E-state index < -0.39 is 4.92 Å². The van der Waals surface area contributed by atoms with Crippen LogP contribution in [0.1, 0.15) is 13.3 Å².